The number of rotatable bonds is 4. The monoisotopic (exact) mass is 313 g/mol. The van der Waals surface area contributed by atoms with E-state index in [0.29, 0.717) is 5.69 Å². The summed E-state index contributed by atoms with van der Waals surface area (Å²) in [5, 5.41) is 0. The van der Waals surface area contributed by atoms with Gasteiger partial charge in [-0.05, 0) is 30.4 Å². The van der Waals surface area contributed by atoms with Gasteiger partial charge in [0.15, 0.2) is 0 Å². The Bertz CT molecular complexity index is 609. The fourth-order valence-corrected chi connectivity index (χ4v) is 3.99. The van der Waals surface area contributed by atoms with Crippen LogP contribution < -0.4 is 10.5 Å². The van der Waals surface area contributed by atoms with E-state index >= 15 is 0 Å². The van der Waals surface area contributed by atoms with Gasteiger partial charge < -0.3 is 5.73 Å². The lowest BCUT2D eigenvalue weighted by molar-refractivity contribution is 0.313. The van der Waals surface area contributed by atoms with Crippen molar-refractivity contribution in [3.8, 4) is 0 Å². The molecule has 0 saturated heterocycles. The van der Waals surface area contributed by atoms with Crippen molar-refractivity contribution in [3.05, 3.63) is 24.0 Å². The Morgan fingerprint density at radius 2 is 2.20 bits per heavy atom. The molecule has 0 bridgehead atoms. The van der Waals surface area contributed by atoms with Gasteiger partial charge in [-0.3, -0.25) is 4.98 Å². The Kier molecular flexibility index (Phi) is 4.13. The fraction of sp³-hybridized carbons (Fsp3) is 0.538. The first-order valence-electron chi connectivity index (χ1n) is 6.50. The van der Waals surface area contributed by atoms with Crippen LogP contribution in [0.15, 0.2) is 23.2 Å². The molecule has 0 spiro atoms. The Balaban J connectivity index is 2.20. The zero-order valence-electron chi connectivity index (χ0n) is 11.6. The Morgan fingerprint density at radius 3 is 2.65 bits per heavy atom. The van der Waals surface area contributed by atoms with Crippen molar-refractivity contribution in [1.82, 2.24) is 9.71 Å². The summed E-state index contributed by atoms with van der Waals surface area (Å²) in [5.41, 5.74) is 5.85. The maximum atomic E-state index is 12.3. The van der Waals surface area contributed by atoms with Crippen LogP contribution in [0.5, 0.6) is 0 Å². The van der Waals surface area contributed by atoms with Gasteiger partial charge in [-0.2, -0.15) is 0 Å². The van der Waals surface area contributed by atoms with Crippen LogP contribution in [0.4, 0.5) is 0 Å². The molecular weight excluding hydrogens is 294 g/mol. The molecule has 2 rings (SSSR count). The van der Waals surface area contributed by atoms with Gasteiger partial charge in [-0.25, -0.2) is 13.1 Å². The molecule has 1 atom stereocenters. The van der Waals surface area contributed by atoms with Gasteiger partial charge >= 0.3 is 0 Å². The molecule has 1 fully saturated rings. The molecule has 1 aromatic rings. The number of nitrogens with two attached hydrogens (primary N) is 1. The minimum atomic E-state index is -3.55. The van der Waals surface area contributed by atoms with Crippen LogP contribution in [0.3, 0.4) is 0 Å². The fourth-order valence-electron chi connectivity index (χ4n) is 2.49. The molecule has 1 saturated carbocycles. The zero-order valence-corrected chi connectivity index (χ0v) is 13.2. The van der Waals surface area contributed by atoms with Crippen LogP contribution >= 0.6 is 12.2 Å². The second-order valence-electron chi connectivity index (χ2n) is 5.80. The molecule has 3 N–H and O–H groups in total. The van der Waals surface area contributed by atoms with E-state index in [1.165, 1.54) is 18.3 Å². The molecule has 1 aliphatic rings. The Labute approximate surface area is 125 Å². The highest BCUT2D eigenvalue weighted by Crippen LogP contribution is 2.37. The minimum absolute atomic E-state index is 0.0146. The third-order valence-electron chi connectivity index (χ3n) is 3.85. The molecule has 0 amide bonds. The van der Waals surface area contributed by atoms with Crippen LogP contribution in [-0.2, 0) is 10.0 Å². The third-order valence-corrected chi connectivity index (χ3v) is 5.52. The van der Waals surface area contributed by atoms with Crippen molar-refractivity contribution in [2.75, 3.05) is 0 Å². The lowest BCUT2D eigenvalue weighted by atomic mass is 9.88. The molecular formula is C13H19N3O2S2. The standard InChI is InChI=1S/C13H19N3O2S2/c1-13(2)7-3-4-11(13)16-20(17,18)9-5-6-10(12(14)19)15-8-9/h5-6,8,11,16H,3-4,7H2,1-2H3,(H2,14,19). The zero-order chi connectivity index (χ0) is 15.0. The summed E-state index contributed by atoms with van der Waals surface area (Å²) in [6, 6.07) is 2.96. The van der Waals surface area contributed by atoms with Crippen LogP contribution in [0.25, 0.3) is 0 Å². The molecule has 110 valence electrons. The quantitative estimate of drug-likeness (QED) is 0.824. The highest BCUT2D eigenvalue weighted by molar-refractivity contribution is 7.89. The van der Waals surface area contributed by atoms with Crippen molar-refractivity contribution >= 4 is 27.2 Å². The number of pyridine rings is 1. The van der Waals surface area contributed by atoms with Crippen molar-refractivity contribution in [2.24, 2.45) is 11.1 Å². The number of hydrogen-bond donors (Lipinski definition) is 2. The van der Waals surface area contributed by atoms with E-state index in [1.807, 2.05) is 0 Å². The van der Waals surface area contributed by atoms with E-state index in [1.54, 1.807) is 0 Å². The Hall–Kier alpha value is -1.05. The molecule has 7 heteroatoms. The maximum Gasteiger partial charge on any atom is 0.242 e. The summed E-state index contributed by atoms with van der Waals surface area (Å²) in [4.78, 5) is 4.26. The highest BCUT2D eigenvalue weighted by atomic mass is 32.2. The Morgan fingerprint density at radius 1 is 1.50 bits per heavy atom. The lowest BCUT2D eigenvalue weighted by Crippen LogP contribution is -2.41. The summed E-state index contributed by atoms with van der Waals surface area (Å²) >= 11 is 4.79. The van der Waals surface area contributed by atoms with Crippen LogP contribution in [0.2, 0.25) is 0 Å². The highest BCUT2D eigenvalue weighted by Gasteiger charge is 2.37. The summed E-state index contributed by atoms with van der Waals surface area (Å²) < 4.78 is 27.5. The molecule has 1 aromatic heterocycles. The topological polar surface area (TPSA) is 85.1 Å². The number of aromatic nitrogens is 1. The third kappa shape index (κ3) is 3.16. The predicted molar refractivity (Wildman–Crippen MR) is 81.9 cm³/mol. The second-order valence-corrected chi connectivity index (χ2v) is 7.95. The lowest BCUT2D eigenvalue weighted by Gasteiger charge is -2.27. The second kappa shape index (κ2) is 5.38. The summed E-state index contributed by atoms with van der Waals surface area (Å²) in [7, 11) is -3.55. The molecule has 0 aromatic carbocycles. The average molecular weight is 313 g/mol. The van der Waals surface area contributed by atoms with E-state index in [9.17, 15) is 8.42 Å². The molecule has 0 aliphatic heterocycles. The first kappa shape index (κ1) is 15.3. The van der Waals surface area contributed by atoms with E-state index in [0.717, 1.165) is 19.3 Å². The van der Waals surface area contributed by atoms with Crippen LogP contribution in [-0.4, -0.2) is 24.4 Å². The maximum absolute atomic E-state index is 12.3. The van der Waals surface area contributed by atoms with Gasteiger partial charge in [0.2, 0.25) is 10.0 Å². The first-order valence-corrected chi connectivity index (χ1v) is 8.40. The van der Waals surface area contributed by atoms with Gasteiger partial charge in [0.25, 0.3) is 0 Å². The van der Waals surface area contributed by atoms with Crippen molar-refractivity contribution in [3.63, 3.8) is 0 Å². The molecule has 1 unspecified atom stereocenters. The summed E-state index contributed by atoms with van der Waals surface area (Å²) in [5.74, 6) is 0. The van der Waals surface area contributed by atoms with Crippen LogP contribution in [0.1, 0.15) is 38.8 Å². The normalized spacial score (nSPS) is 21.8. The smallest absolute Gasteiger partial charge is 0.242 e. The molecule has 5 nitrogen and oxygen atoms in total. The number of nitrogens with one attached hydrogen (secondary N) is 1. The van der Waals surface area contributed by atoms with Gasteiger partial charge in [-0.15, -0.1) is 0 Å². The minimum Gasteiger partial charge on any atom is -0.388 e. The van der Waals surface area contributed by atoms with Gasteiger partial charge in [0.05, 0.1) is 5.69 Å². The van der Waals surface area contributed by atoms with Crippen molar-refractivity contribution < 1.29 is 8.42 Å². The first-order chi connectivity index (χ1) is 9.22. The van der Waals surface area contributed by atoms with Crippen molar-refractivity contribution in [2.45, 2.75) is 44.0 Å². The number of nitrogens with zero attached hydrogens (tertiary/aromatic N) is 1. The molecule has 1 heterocycles. The van der Waals surface area contributed by atoms with Crippen LogP contribution in [0, 0.1) is 5.41 Å². The molecule has 20 heavy (non-hydrogen) atoms. The van der Waals surface area contributed by atoms with E-state index in [2.05, 4.69) is 23.6 Å². The number of thiocarbonyl (C=S) groups is 1. The molecule has 1 aliphatic carbocycles. The van der Waals surface area contributed by atoms with Gasteiger partial charge in [-0.1, -0.05) is 32.5 Å². The number of sulfonamides is 1. The molecule has 0 radical (unpaired) electrons. The van der Waals surface area contributed by atoms with E-state index in [4.69, 9.17) is 18.0 Å². The summed E-state index contributed by atoms with van der Waals surface area (Å²) in [6.45, 7) is 4.17. The average Bonchev–Trinajstić information content (AvgIpc) is 2.68. The van der Waals surface area contributed by atoms with E-state index in [-0.39, 0.29) is 21.3 Å². The van der Waals surface area contributed by atoms with Crippen molar-refractivity contribution in [1.29, 1.82) is 0 Å². The number of hydrogen-bond acceptors (Lipinski definition) is 4. The van der Waals surface area contributed by atoms with E-state index < -0.39 is 10.0 Å². The largest absolute Gasteiger partial charge is 0.388 e. The van der Waals surface area contributed by atoms with Gasteiger partial charge in [0, 0.05) is 12.2 Å². The SMILES string of the molecule is CC1(C)CCCC1NS(=O)(=O)c1ccc(C(N)=S)nc1. The van der Waals surface area contributed by atoms with Gasteiger partial charge in [0.1, 0.15) is 9.88 Å². The summed E-state index contributed by atoms with van der Waals surface area (Å²) in [6.07, 6.45) is 4.22. The predicted octanol–water partition coefficient (Wildman–Crippen LogP) is 1.57.